The van der Waals surface area contributed by atoms with Crippen molar-refractivity contribution in [2.45, 2.75) is 13.8 Å². The average molecular weight is 322 g/mol. The molecule has 0 aliphatic carbocycles. The molecule has 1 N–H and O–H groups in total. The summed E-state index contributed by atoms with van der Waals surface area (Å²) >= 11 is 7.62. The predicted octanol–water partition coefficient (Wildman–Crippen LogP) is 4.92. The molecule has 1 heterocycles. The molecule has 0 bridgehead atoms. The van der Waals surface area contributed by atoms with Crippen molar-refractivity contribution in [3.05, 3.63) is 57.3 Å². The third kappa shape index (κ3) is 4.09. The van der Waals surface area contributed by atoms with Crippen molar-refractivity contribution < 1.29 is 9.53 Å². The normalized spacial score (nSPS) is 10.8. The van der Waals surface area contributed by atoms with E-state index in [2.05, 4.69) is 5.32 Å². The molecule has 0 aliphatic heterocycles. The SMILES string of the molecule is C/C=C/COc1cc(NC(=O)c2ccsc2C)ccc1Cl. The lowest BCUT2D eigenvalue weighted by molar-refractivity contribution is 0.102. The topological polar surface area (TPSA) is 38.3 Å². The Kier molecular flexibility index (Phi) is 5.42. The summed E-state index contributed by atoms with van der Waals surface area (Å²) in [5.41, 5.74) is 1.34. The van der Waals surface area contributed by atoms with Crippen molar-refractivity contribution in [2.75, 3.05) is 11.9 Å². The van der Waals surface area contributed by atoms with Gasteiger partial charge in [-0.2, -0.15) is 0 Å². The first kappa shape index (κ1) is 15.6. The summed E-state index contributed by atoms with van der Waals surface area (Å²) in [7, 11) is 0. The molecule has 0 spiro atoms. The van der Waals surface area contributed by atoms with E-state index in [0.29, 0.717) is 28.6 Å². The molecule has 3 nitrogen and oxygen atoms in total. The van der Waals surface area contributed by atoms with E-state index in [1.54, 1.807) is 29.5 Å². The van der Waals surface area contributed by atoms with Gasteiger partial charge in [-0.05, 0) is 37.4 Å². The Hall–Kier alpha value is -1.78. The van der Waals surface area contributed by atoms with E-state index in [9.17, 15) is 4.79 Å². The first-order valence-corrected chi connectivity index (χ1v) is 7.76. The lowest BCUT2D eigenvalue weighted by Gasteiger charge is -2.09. The molecule has 1 aromatic carbocycles. The summed E-state index contributed by atoms with van der Waals surface area (Å²) in [4.78, 5) is 13.2. The third-order valence-electron chi connectivity index (χ3n) is 2.86. The third-order valence-corrected chi connectivity index (χ3v) is 4.02. The number of benzene rings is 1. The summed E-state index contributed by atoms with van der Waals surface area (Å²) in [6.45, 7) is 4.29. The van der Waals surface area contributed by atoms with Crippen molar-refractivity contribution in [3.63, 3.8) is 0 Å². The highest BCUT2D eigenvalue weighted by Gasteiger charge is 2.11. The molecule has 0 aliphatic rings. The fourth-order valence-corrected chi connectivity index (χ4v) is 2.61. The van der Waals surface area contributed by atoms with Gasteiger partial charge < -0.3 is 10.1 Å². The first-order chi connectivity index (χ1) is 10.1. The fourth-order valence-electron chi connectivity index (χ4n) is 1.74. The highest BCUT2D eigenvalue weighted by molar-refractivity contribution is 7.10. The number of hydrogen-bond acceptors (Lipinski definition) is 3. The van der Waals surface area contributed by atoms with Gasteiger partial charge in [0.05, 0.1) is 10.6 Å². The summed E-state index contributed by atoms with van der Waals surface area (Å²) in [6, 6.07) is 7.01. The smallest absolute Gasteiger partial charge is 0.256 e. The van der Waals surface area contributed by atoms with Crippen LogP contribution in [0.2, 0.25) is 5.02 Å². The summed E-state index contributed by atoms with van der Waals surface area (Å²) in [5.74, 6) is 0.421. The number of carbonyl (C=O) groups excluding carboxylic acids is 1. The van der Waals surface area contributed by atoms with E-state index in [1.807, 2.05) is 37.4 Å². The van der Waals surface area contributed by atoms with Crippen molar-refractivity contribution in [1.82, 2.24) is 0 Å². The Morgan fingerprint density at radius 1 is 1.43 bits per heavy atom. The van der Waals surface area contributed by atoms with Crippen molar-refractivity contribution in [1.29, 1.82) is 0 Å². The van der Waals surface area contributed by atoms with E-state index >= 15 is 0 Å². The molecule has 110 valence electrons. The Bertz CT molecular complexity index is 664. The molecule has 0 saturated carbocycles. The second kappa shape index (κ2) is 7.29. The number of ether oxygens (including phenoxy) is 1. The molecular weight excluding hydrogens is 306 g/mol. The van der Waals surface area contributed by atoms with Crippen LogP contribution < -0.4 is 10.1 Å². The van der Waals surface area contributed by atoms with Gasteiger partial charge in [-0.15, -0.1) is 11.3 Å². The molecule has 5 heteroatoms. The van der Waals surface area contributed by atoms with Crippen LogP contribution in [-0.4, -0.2) is 12.5 Å². The Morgan fingerprint density at radius 2 is 2.24 bits per heavy atom. The molecule has 0 unspecified atom stereocenters. The number of aryl methyl sites for hydroxylation is 1. The van der Waals surface area contributed by atoms with E-state index < -0.39 is 0 Å². The van der Waals surface area contributed by atoms with Crippen LogP contribution in [0.25, 0.3) is 0 Å². The fraction of sp³-hybridized carbons (Fsp3) is 0.188. The van der Waals surface area contributed by atoms with E-state index in [1.165, 1.54) is 0 Å². The quantitative estimate of drug-likeness (QED) is 0.794. The molecule has 2 aromatic rings. The van der Waals surface area contributed by atoms with Gasteiger partial charge >= 0.3 is 0 Å². The Balaban J connectivity index is 2.12. The van der Waals surface area contributed by atoms with Crippen LogP contribution in [0.1, 0.15) is 22.2 Å². The van der Waals surface area contributed by atoms with Gasteiger partial charge in [0.15, 0.2) is 0 Å². The molecule has 0 fully saturated rings. The number of halogens is 1. The van der Waals surface area contributed by atoms with Gasteiger partial charge in [0.25, 0.3) is 5.91 Å². The van der Waals surface area contributed by atoms with Crippen LogP contribution in [-0.2, 0) is 0 Å². The Labute approximate surface area is 133 Å². The lowest BCUT2D eigenvalue weighted by atomic mass is 10.2. The number of carbonyl (C=O) groups is 1. The monoisotopic (exact) mass is 321 g/mol. The standard InChI is InChI=1S/C16H16ClNO2S/c1-3-4-8-20-15-10-12(5-6-14(15)17)18-16(19)13-7-9-21-11(13)2/h3-7,9-10H,8H2,1-2H3,(H,18,19)/b4-3+. The number of anilines is 1. The molecule has 0 radical (unpaired) electrons. The first-order valence-electron chi connectivity index (χ1n) is 6.50. The molecule has 1 amide bonds. The largest absolute Gasteiger partial charge is 0.488 e. The molecule has 21 heavy (non-hydrogen) atoms. The lowest BCUT2D eigenvalue weighted by Crippen LogP contribution is -2.12. The highest BCUT2D eigenvalue weighted by Crippen LogP contribution is 2.28. The zero-order valence-electron chi connectivity index (χ0n) is 11.9. The maximum atomic E-state index is 12.2. The second-order valence-electron chi connectivity index (χ2n) is 4.37. The van der Waals surface area contributed by atoms with E-state index in [0.717, 1.165) is 4.88 Å². The summed E-state index contributed by atoms with van der Waals surface area (Å²) in [5, 5.41) is 5.27. The van der Waals surface area contributed by atoms with E-state index in [4.69, 9.17) is 16.3 Å². The molecule has 1 aromatic heterocycles. The van der Waals surface area contributed by atoms with Crippen molar-refractivity contribution in [2.24, 2.45) is 0 Å². The number of nitrogens with one attached hydrogen (secondary N) is 1. The van der Waals surface area contributed by atoms with Gasteiger partial charge in [0.2, 0.25) is 0 Å². The van der Waals surface area contributed by atoms with Crippen molar-refractivity contribution in [3.8, 4) is 5.75 Å². The van der Waals surface area contributed by atoms with E-state index in [-0.39, 0.29) is 5.91 Å². The minimum Gasteiger partial charge on any atom is -0.488 e. The van der Waals surface area contributed by atoms with Crippen LogP contribution in [0.3, 0.4) is 0 Å². The second-order valence-corrected chi connectivity index (χ2v) is 5.90. The van der Waals surface area contributed by atoms with Crippen LogP contribution in [0.4, 0.5) is 5.69 Å². The zero-order chi connectivity index (χ0) is 15.2. The van der Waals surface area contributed by atoms with Gasteiger partial charge in [0, 0.05) is 16.6 Å². The maximum Gasteiger partial charge on any atom is 0.256 e. The molecule has 0 saturated heterocycles. The van der Waals surface area contributed by atoms with Crippen LogP contribution >= 0.6 is 22.9 Å². The molecule has 2 rings (SSSR count). The Morgan fingerprint density at radius 3 is 2.90 bits per heavy atom. The number of allylic oxidation sites excluding steroid dienone is 1. The minimum absolute atomic E-state index is 0.129. The number of hydrogen-bond donors (Lipinski definition) is 1. The van der Waals surface area contributed by atoms with Gasteiger partial charge in [-0.3, -0.25) is 4.79 Å². The molecule has 0 atom stereocenters. The average Bonchev–Trinajstić information content (AvgIpc) is 2.89. The van der Waals surface area contributed by atoms with Crippen molar-refractivity contribution >= 4 is 34.5 Å². The predicted molar refractivity (Wildman–Crippen MR) is 88.8 cm³/mol. The van der Waals surface area contributed by atoms with Crippen LogP contribution in [0, 0.1) is 6.92 Å². The summed E-state index contributed by atoms with van der Waals surface area (Å²) in [6.07, 6.45) is 3.79. The van der Waals surface area contributed by atoms with Crippen LogP contribution in [0.15, 0.2) is 41.8 Å². The van der Waals surface area contributed by atoms with Crippen LogP contribution in [0.5, 0.6) is 5.75 Å². The minimum atomic E-state index is -0.129. The summed E-state index contributed by atoms with van der Waals surface area (Å²) < 4.78 is 5.55. The van der Waals surface area contributed by atoms with Gasteiger partial charge in [0.1, 0.15) is 12.4 Å². The number of rotatable bonds is 5. The number of thiophene rings is 1. The van der Waals surface area contributed by atoms with Gasteiger partial charge in [-0.1, -0.05) is 23.8 Å². The van der Waals surface area contributed by atoms with Gasteiger partial charge in [-0.25, -0.2) is 0 Å². The zero-order valence-corrected chi connectivity index (χ0v) is 13.4. The molecular formula is C16H16ClNO2S. The number of amides is 1. The highest BCUT2D eigenvalue weighted by atomic mass is 35.5. The maximum absolute atomic E-state index is 12.2.